The third-order valence-corrected chi connectivity index (χ3v) is 8.06. The van der Waals surface area contributed by atoms with Crippen LogP contribution in [0.1, 0.15) is 29.7 Å². The number of nitrogens with zero attached hydrogens (tertiary/aromatic N) is 1. The molecule has 0 aliphatic carbocycles. The first-order chi connectivity index (χ1) is 23.1. The summed E-state index contributed by atoms with van der Waals surface area (Å²) in [5, 5.41) is 28.5. The first-order valence-electron chi connectivity index (χ1n) is 15.3. The van der Waals surface area contributed by atoms with Crippen molar-refractivity contribution in [2.75, 3.05) is 0 Å². The number of carbonyl (C=O) groups is 5. The van der Waals surface area contributed by atoms with Crippen molar-refractivity contribution < 1.29 is 34.2 Å². The van der Waals surface area contributed by atoms with Gasteiger partial charge in [-0.15, -0.1) is 0 Å². The van der Waals surface area contributed by atoms with Crippen LogP contribution in [0.5, 0.6) is 0 Å². The van der Waals surface area contributed by atoms with Crippen molar-refractivity contribution in [1.29, 1.82) is 0 Å². The fourth-order valence-corrected chi connectivity index (χ4v) is 5.51. The maximum absolute atomic E-state index is 14.0. The number of nitrogens with two attached hydrogens (primary N) is 1. The minimum atomic E-state index is -1.34. The molecular formula is C33H36N8O7. The van der Waals surface area contributed by atoms with Crippen LogP contribution in [0.4, 0.5) is 0 Å². The lowest BCUT2D eigenvalue weighted by atomic mass is 10.0. The Morgan fingerprint density at radius 2 is 1.23 bits per heavy atom. The van der Waals surface area contributed by atoms with Gasteiger partial charge in [-0.1, -0.05) is 36.4 Å². The number of carbonyl (C=O) groups excluding carboxylic acids is 3. The van der Waals surface area contributed by atoms with Crippen LogP contribution < -0.4 is 21.7 Å². The number of imidazole rings is 1. The Bertz CT molecular complexity index is 1910. The molecular weight excluding hydrogens is 620 g/mol. The average Bonchev–Trinajstić information content (AvgIpc) is 3.83. The molecule has 0 fully saturated rings. The van der Waals surface area contributed by atoms with Gasteiger partial charge in [0.1, 0.15) is 18.1 Å². The number of nitrogens with one attached hydrogen (secondary N) is 6. The highest BCUT2D eigenvalue weighted by Gasteiger charge is 2.32. The molecule has 2 aromatic carbocycles. The number of amides is 3. The maximum atomic E-state index is 14.0. The average molecular weight is 657 g/mol. The van der Waals surface area contributed by atoms with Crippen LogP contribution in [0.3, 0.4) is 0 Å². The van der Waals surface area contributed by atoms with E-state index in [4.69, 9.17) is 10.8 Å². The number of carboxylic acid groups (broad SMARTS) is 2. The van der Waals surface area contributed by atoms with Gasteiger partial charge < -0.3 is 46.8 Å². The molecule has 15 nitrogen and oxygen atoms in total. The second-order valence-corrected chi connectivity index (χ2v) is 11.5. The number of fused-ring (bicyclic) bond motifs is 2. The summed E-state index contributed by atoms with van der Waals surface area (Å²) in [4.78, 5) is 77.1. The quantitative estimate of drug-likeness (QED) is 0.0737. The van der Waals surface area contributed by atoms with Crippen molar-refractivity contribution >= 4 is 51.5 Å². The monoisotopic (exact) mass is 656 g/mol. The molecule has 3 heterocycles. The van der Waals surface area contributed by atoms with E-state index < -0.39 is 53.8 Å². The Labute approximate surface area is 273 Å². The molecule has 15 heteroatoms. The van der Waals surface area contributed by atoms with Gasteiger partial charge in [0.15, 0.2) is 0 Å². The molecule has 0 aliphatic rings. The maximum Gasteiger partial charge on any atom is 0.326 e. The summed E-state index contributed by atoms with van der Waals surface area (Å²) in [5.41, 5.74) is 9.46. The van der Waals surface area contributed by atoms with Crippen molar-refractivity contribution in [1.82, 2.24) is 35.9 Å². The van der Waals surface area contributed by atoms with E-state index in [-0.39, 0.29) is 32.1 Å². The molecule has 5 rings (SSSR count). The molecule has 3 aromatic heterocycles. The highest BCUT2D eigenvalue weighted by Crippen LogP contribution is 2.21. The van der Waals surface area contributed by atoms with Gasteiger partial charge in [-0.2, -0.15) is 0 Å². The van der Waals surface area contributed by atoms with E-state index in [1.165, 1.54) is 12.5 Å². The molecule has 3 amide bonds. The van der Waals surface area contributed by atoms with Crippen LogP contribution in [0.15, 0.2) is 73.4 Å². The molecule has 10 N–H and O–H groups in total. The van der Waals surface area contributed by atoms with Gasteiger partial charge in [0, 0.05) is 71.8 Å². The minimum Gasteiger partial charge on any atom is -0.481 e. The molecule has 0 aliphatic heterocycles. The van der Waals surface area contributed by atoms with E-state index >= 15 is 0 Å². The topological polar surface area (TPSA) is 248 Å². The standard InChI is InChI=1S/C33H36N8O7/c34-23(9-10-29(42)43)30(44)39-26(11-18-14-36-24-7-3-1-5-21(18)24)31(45)40-27(12-19-15-37-25-8-4-2-6-22(19)25)32(46)41-28(33(47)48)13-20-16-35-17-38-20/h1-8,14-17,23,26-28,36-37H,9-13,34H2,(H,35,38)(H,39,44)(H,40,45)(H,41,46)(H,42,43)(H,47,48). The molecule has 0 spiro atoms. The number of rotatable bonds is 16. The molecule has 250 valence electrons. The predicted molar refractivity (Wildman–Crippen MR) is 175 cm³/mol. The molecule has 4 unspecified atom stereocenters. The molecule has 0 saturated carbocycles. The third-order valence-electron chi connectivity index (χ3n) is 8.06. The second-order valence-electron chi connectivity index (χ2n) is 11.5. The summed E-state index contributed by atoms with van der Waals surface area (Å²) < 4.78 is 0. The Morgan fingerprint density at radius 1 is 0.708 bits per heavy atom. The molecule has 4 atom stereocenters. The summed E-state index contributed by atoms with van der Waals surface area (Å²) in [7, 11) is 0. The SMILES string of the molecule is NC(CCC(=O)O)C(=O)NC(Cc1c[nH]c2ccccc12)C(=O)NC(Cc1c[nH]c2ccccc12)C(=O)NC(Cc1cnc[nH]1)C(=O)O. The van der Waals surface area contributed by atoms with Crippen molar-refractivity contribution in [2.45, 2.75) is 56.3 Å². The Balaban J connectivity index is 1.42. The highest BCUT2D eigenvalue weighted by molar-refractivity contribution is 5.95. The summed E-state index contributed by atoms with van der Waals surface area (Å²) in [6.07, 6.45) is 5.69. The van der Waals surface area contributed by atoms with E-state index in [1.54, 1.807) is 12.4 Å². The van der Waals surface area contributed by atoms with E-state index in [0.717, 1.165) is 21.8 Å². The zero-order chi connectivity index (χ0) is 34.2. The van der Waals surface area contributed by atoms with Gasteiger partial charge in [0.25, 0.3) is 0 Å². The molecule has 5 aromatic rings. The fourth-order valence-electron chi connectivity index (χ4n) is 5.51. The van der Waals surface area contributed by atoms with Gasteiger partial charge in [0.05, 0.1) is 12.4 Å². The molecule has 48 heavy (non-hydrogen) atoms. The van der Waals surface area contributed by atoms with E-state index in [0.29, 0.717) is 16.8 Å². The second kappa shape index (κ2) is 15.1. The zero-order valence-electron chi connectivity index (χ0n) is 25.7. The van der Waals surface area contributed by atoms with Gasteiger partial charge in [-0.05, 0) is 29.7 Å². The first-order valence-corrected chi connectivity index (χ1v) is 15.3. The number of carboxylic acids is 2. The molecule has 0 radical (unpaired) electrons. The minimum absolute atomic E-state index is 0.00619. The number of aromatic nitrogens is 4. The highest BCUT2D eigenvalue weighted by atomic mass is 16.4. The lowest BCUT2D eigenvalue weighted by Gasteiger charge is -2.25. The van der Waals surface area contributed by atoms with Crippen molar-refractivity contribution in [2.24, 2.45) is 5.73 Å². The van der Waals surface area contributed by atoms with Crippen LogP contribution >= 0.6 is 0 Å². The number of aromatic amines is 3. The summed E-state index contributed by atoms with van der Waals surface area (Å²) in [6.45, 7) is 0. The Morgan fingerprint density at radius 3 is 1.73 bits per heavy atom. The van der Waals surface area contributed by atoms with Crippen LogP contribution in [-0.2, 0) is 43.2 Å². The summed E-state index contributed by atoms with van der Waals surface area (Å²) >= 11 is 0. The fraction of sp³-hybridized carbons (Fsp3) is 0.273. The lowest BCUT2D eigenvalue weighted by Crippen LogP contribution is -2.58. The van der Waals surface area contributed by atoms with Crippen molar-refractivity contribution in [3.05, 3.63) is 90.3 Å². The van der Waals surface area contributed by atoms with Crippen molar-refractivity contribution in [3.63, 3.8) is 0 Å². The van der Waals surface area contributed by atoms with Crippen LogP contribution in [0.2, 0.25) is 0 Å². The first kappa shape index (κ1) is 33.4. The van der Waals surface area contributed by atoms with Gasteiger partial charge in [-0.3, -0.25) is 19.2 Å². The van der Waals surface area contributed by atoms with E-state index in [2.05, 4.69) is 35.9 Å². The number of H-pyrrole nitrogens is 3. The summed E-state index contributed by atoms with van der Waals surface area (Å²) in [6, 6.07) is 9.76. The van der Waals surface area contributed by atoms with Crippen molar-refractivity contribution in [3.8, 4) is 0 Å². The smallest absolute Gasteiger partial charge is 0.326 e. The zero-order valence-corrected chi connectivity index (χ0v) is 25.7. The Kier molecular flexibility index (Phi) is 10.5. The molecule has 0 bridgehead atoms. The third kappa shape index (κ3) is 8.24. The number of aliphatic carboxylic acids is 2. The predicted octanol–water partition coefficient (Wildman–Crippen LogP) is 1.13. The van der Waals surface area contributed by atoms with E-state index in [1.807, 2.05) is 48.5 Å². The van der Waals surface area contributed by atoms with Gasteiger partial charge >= 0.3 is 11.9 Å². The van der Waals surface area contributed by atoms with Crippen LogP contribution in [0.25, 0.3) is 21.8 Å². The normalized spacial score (nSPS) is 13.8. The van der Waals surface area contributed by atoms with Crippen LogP contribution in [0, 0.1) is 0 Å². The van der Waals surface area contributed by atoms with Gasteiger partial charge in [0.2, 0.25) is 17.7 Å². The number of hydrogen-bond donors (Lipinski definition) is 9. The van der Waals surface area contributed by atoms with E-state index in [9.17, 15) is 29.1 Å². The van der Waals surface area contributed by atoms with Crippen LogP contribution in [-0.4, -0.2) is 84.0 Å². The lowest BCUT2D eigenvalue weighted by molar-refractivity contribution is -0.142. The largest absolute Gasteiger partial charge is 0.481 e. The number of benzene rings is 2. The summed E-state index contributed by atoms with van der Waals surface area (Å²) in [5.74, 6) is -4.62. The van der Waals surface area contributed by atoms with Gasteiger partial charge in [-0.25, -0.2) is 9.78 Å². The number of hydrogen-bond acceptors (Lipinski definition) is 7. The molecule has 0 saturated heterocycles. The number of para-hydroxylation sites is 2. The Hall–Kier alpha value is -5.96.